The highest BCUT2D eigenvalue weighted by atomic mass is 16.3. The third-order valence-corrected chi connectivity index (χ3v) is 2.14. The Morgan fingerprint density at radius 2 is 1.62 bits per heavy atom. The summed E-state index contributed by atoms with van der Waals surface area (Å²) in [7, 11) is 0. The zero-order chi connectivity index (χ0) is 10.2. The van der Waals surface area contributed by atoms with Gasteiger partial charge in [0.05, 0.1) is 12.6 Å². The molecule has 0 spiro atoms. The fourth-order valence-electron chi connectivity index (χ4n) is 1.25. The lowest BCUT2D eigenvalue weighted by molar-refractivity contribution is -0.139. The van der Waals surface area contributed by atoms with E-state index >= 15 is 0 Å². The molecule has 4 heteroatoms. The lowest BCUT2D eigenvalue weighted by Gasteiger charge is -2.16. The number of amides is 2. The minimum atomic E-state index is -0.674. The molecular formula is C9H13NO3. The molecule has 1 N–H and O–H groups in total. The van der Waals surface area contributed by atoms with Gasteiger partial charge in [-0.2, -0.15) is 0 Å². The van der Waals surface area contributed by atoms with Gasteiger partial charge in [-0.1, -0.05) is 0 Å². The number of nitrogens with zero attached hydrogens (tertiary/aromatic N) is 1. The van der Waals surface area contributed by atoms with E-state index < -0.39 is 6.10 Å². The number of carbonyl (C=O) groups excluding carboxylic acids is 2. The van der Waals surface area contributed by atoms with Gasteiger partial charge in [-0.05, 0) is 20.8 Å². The van der Waals surface area contributed by atoms with Gasteiger partial charge in [-0.25, -0.2) is 0 Å². The number of rotatable bonds is 2. The Morgan fingerprint density at radius 1 is 1.23 bits per heavy atom. The summed E-state index contributed by atoms with van der Waals surface area (Å²) in [4.78, 5) is 23.9. The van der Waals surface area contributed by atoms with E-state index in [4.69, 9.17) is 5.11 Å². The zero-order valence-electron chi connectivity index (χ0n) is 8.00. The number of imide groups is 1. The van der Waals surface area contributed by atoms with Crippen molar-refractivity contribution in [2.24, 2.45) is 0 Å². The molecule has 0 fully saturated rings. The standard InChI is InChI=1S/C9H13NO3/c1-5(11)4-10-8(12)6(2)7(3)9(10)13/h5,11H,4H2,1-3H3. The summed E-state index contributed by atoms with van der Waals surface area (Å²) in [5, 5.41) is 9.06. The summed E-state index contributed by atoms with van der Waals surface area (Å²) in [5.74, 6) is -0.577. The molecule has 1 aliphatic heterocycles. The molecule has 0 bridgehead atoms. The molecule has 0 aromatic rings. The maximum Gasteiger partial charge on any atom is 0.256 e. The number of hydrogen-bond acceptors (Lipinski definition) is 3. The molecule has 0 aromatic carbocycles. The van der Waals surface area contributed by atoms with E-state index in [-0.39, 0.29) is 18.4 Å². The fraction of sp³-hybridized carbons (Fsp3) is 0.556. The van der Waals surface area contributed by atoms with Crippen LogP contribution in [0.25, 0.3) is 0 Å². The van der Waals surface area contributed by atoms with Gasteiger partial charge in [-0.15, -0.1) is 0 Å². The van der Waals surface area contributed by atoms with Crippen LogP contribution in [0.4, 0.5) is 0 Å². The van der Waals surface area contributed by atoms with Gasteiger partial charge in [0, 0.05) is 11.1 Å². The molecule has 0 aromatic heterocycles. The quantitative estimate of drug-likeness (QED) is 0.616. The summed E-state index contributed by atoms with van der Waals surface area (Å²) in [6.07, 6.45) is -0.674. The largest absolute Gasteiger partial charge is 0.392 e. The predicted molar refractivity (Wildman–Crippen MR) is 46.8 cm³/mol. The maximum atomic E-state index is 11.4. The minimum Gasteiger partial charge on any atom is -0.392 e. The first-order valence-electron chi connectivity index (χ1n) is 4.17. The van der Waals surface area contributed by atoms with Crippen LogP contribution in [-0.2, 0) is 9.59 Å². The van der Waals surface area contributed by atoms with Crippen LogP contribution in [0.3, 0.4) is 0 Å². The van der Waals surface area contributed by atoms with E-state index in [0.717, 1.165) is 4.90 Å². The molecule has 1 rings (SSSR count). The predicted octanol–water partition coefficient (Wildman–Crippen LogP) is 0.0724. The zero-order valence-corrected chi connectivity index (χ0v) is 8.00. The highest BCUT2D eigenvalue weighted by Gasteiger charge is 2.33. The summed E-state index contributed by atoms with van der Waals surface area (Å²) in [6, 6.07) is 0. The van der Waals surface area contributed by atoms with Gasteiger partial charge < -0.3 is 5.11 Å². The van der Waals surface area contributed by atoms with Crippen LogP contribution in [0.15, 0.2) is 11.1 Å². The maximum absolute atomic E-state index is 11.4. The molecule has 13 heavy (non-hydrogen) atoms. The molecule has 0 saturated heterocycles. The topological polar surface area (TPSA) is 57.6 Å². The smallest absolute Gasteiger partial charge is 0.256 e. The van der Waals surface area contributed by atoms with Crippen molar-refractivity contribution in [3.63, 3.8) is 0 Å². The van der Waals surface area contributed by atoms with Gasteiger partial charge in [0.25, 0.3) is 11.8 Å². The Balaban J connectivity index is 2.85. The van der Waals surface area contributed by atoms with Crippen molar-refractivity contribution >= 4 is 11.8 Å². The van der Waals surface area contributed by atoms with E-state index in [1.807, 2.05) is 0 Å². The molecule has 1 aliphatic rings. The highest BCUT2D eigenvalue weighted by Crippen LogP contribution is 2.19. The number of carbonyl (C=O) groups is 2. The average Bonchev–Trinajstić information content (AvgIpc) is 2.22. The van der Waals surface area contributed by atoms with Gasteiger partial charge in [0.2, 0.25) is 0 Å². The molecule has 72 valence electrons. The lowest BCUT2D eigenvalue weighted by atomic mass is 10.2. The van der Waals surface area contributed by atoms with Crippen LogP contribution in [0.2, 0.25) is 0 Å². The van der Waals surface area contributed by atoms with Crippen LogP contribution in [0.5, 0.6) is 0 Å². The summed E-state index contributed by atoms with van der Waals surface area (Å²) in [5.41, 5.74) is 0.955. The molecule has 1 atom stereocenters. The molecule has 4 nitrogen and oxygen atoms in total. The van der Waals surface area contributed by atoms with E-state index in [9.17, 15) is 9.59 Å². The number of aliphatic hydroxyl groups excluding tert-OH is 1. The van der Waals surface area contributed by atoms with Crippen molar-refractivity contribution in [1.82, 2.24) is 4.90 Å². The second-order valence-corrected chi connectivity index (χ2v) is 3.32. The van der Waals surface area contributed by atoms with Crippen LogP contribution in [0.1, 0.15) is 20.8 Å². The van der Waals surface area contributed by atoms with Gasteiger partial charge in [0.1, 0.15) is 0 Å². The molecular weight excluding hydrogens is 170 g/mol. The highest BCUT2D eigenvalue weighted by molar-refractivity contribution is 6.18. The van der Waals surface area contributed by atoms with Crippen LogP contribution in [-0.4, -0.2) is 34.5 Å². The summed E-state index contributed by atoms with van der Waals surface area (Å²) >= 11 is 0. The third kappa shape index (κ3) is 1.62. The Labute approximate surface area is 76.8 Å². The van der Waals surface area contributed by atoms with E-state index in [2.05, 4.69) is 0 Å². The SMILES string of the molecule is CC1=C(C)C(=O)N(CC(C)O)C1=O. The first kappa shape index (κ1) is 9.92. The van der Waals surface area contributed by atoms with E-state index in [1.54, 1.807) is 20.8 Å². The first-order chi connectivity index (χ1) is 5.95. The Morgan fingerprint density at radius 3 is 1.92 bits per heavy atom. The van der Waals surface area contributed by atoms with Gasteiger partial charge in [0.15, 0.2) is 0 Å². The van der Waals surface area contributed by atoms with Crippen molar-refractivity contribution in [2.75, 3.05) is 6.54 Å². The van der Waals surface area contributed by atoms with Gasteiger partial charge in [-0.3, -0.25) is 14.5 Å². The monoisotopic (exact) mass is 183 g/mol. The van der Waals surface area contributed by atoms with Crippen LogP contribution in [0, 0.1) is 0 Å². The van der Waals surface area contributed by atoms with Crippen molar-refractivity contribution in [3.8, 4) is 0 Å². The molecule has 0 aliphatic carbocycles. The number of β-amino-alcohol motifs (C(OH)–C–C–N with tert-alkyl or cyclic N) is 1. The van der Waals surface area contributed by atoms with Crippen LogP contribution < -0.4 is 0 Å². The molecule has 0 saturated carbocycles. The Kier molecular flexibility index (Phi) is 2.52. The number of aliphatic hydroxyl groups is 1. The normalized spacial score (nSPS) is 20.2. The molecule has 1 unspecified atom stereocenters. The van der Waals surface area contributed by atoms with E-state index in [1.165, 1.54) is 0 Å². The first-order valence-corrected chi connectivity index (χ1v) is 4.17. The lowest BCUT2D eigenvalue weighted by Crippen LogP contribution is -2.37. The second-order valence-electron chi connectivity index (χ2n) is 3.32. The van der Waals surface area contributed by atoms with Crippen molar-refractivity contribution in [2.45, 2.75) is 26.9 Å². The number of hydrogen-bond donors (Lipinski definition) is 1. The van der Waals surface area contributed by atoms with Crippen molar-refractivity contribution in [3.05, 3.63) is 11.1 Å². The third-order valence-electron chi connectivity index (χ3n) is 2.14. The van der Waals surface area contributed by atoms with E-state index in [0.29, 0.717) is 11.1 Å². The summed E-state index contributed by atoms with van der Waals surface area (Å²) in [6.45, 7) is 4.87. The summed E-state index contributed by atoms with van der Waals surface area (Å²) < 4.78 is 0. The van der Waals surface area contributed by atoms with Gasteiger partial charge >= 0.3 is 0 Å². The second kappa shape index (κ2) is 3.30. The van der Waals surface area contributed by atoms with Crippen molar-refractivity contribution < 1.29 is 14.7 Å². The Bertz CT molecular complexity index is 267. The van der Waals surface area contributed by atoms with Crippen LogP contribution >= 0.6 is 0 Å². The fourth-order valence-corrected chi connectivity index (χ4v) is 1.25. The van der Waals surface area contributed by atoms with Crippen molar-refractivity contribution in [1.29, 1.82) is 0 Å². The minimum absolute atomic E-state index is 0.0757. The Hall–Kier alpha value is -1.16. The molecule has 0 radical (unpaired) electrons. The molecule has 2 amide bonds. The average molecular weight is 183 g/mol. The molecule has 1 heterocycles.